The van der Waals surface area contributed by atoms with Crippen LogP contribution in [0.3, 0.4) is 0 Å². The van der Waals surface area contributed by atoms with Gasteiger partial charge in [0.25, 0.3) is 5.91 Å². The molecule has 5 rings (SSSR count). The molecule has 2 aromatic rings. The molecule has 13 heteroatoms. The Morgan fingerprint density at radius 1 is 1.25 bits per heavy atom. The van der Waals surface area contributed by atoms with Crippen molar-refractivity contribution in [2.75, 3.05) is 36.5 Å². The number of nitrogens with two attached hydrogens (primary N) is 1. The van der Waals surface area contributed by atoms with Crippen LogP contribution in [0.15, 0.2) is 29.4 Å². The van der Waals surface area contributed by atoms with Crippen LogP contribution in [0.1, 0.15) is 35.8 Å². The number of ether oxygens (including phenoxy) is 1. The number of hydrogen-bond donors (Lipinski definition) is 2. The predicted molar refractivity (Wildman–Crippen MR) is 125 cm³/mol. The Hall–Kier alpha value is -3.90. The average Bonchev–Trinajstić information content (AvgIpc) is 3.66. The molecule has 0 unspecified atom stereocenters. The van der Waals surface area contributed by atoms with Gasteiger partial charge in [0.1, 0.15) is 18.1 Å². The van der Waals surface area contributed by atoms with E-state index in [9.17, 15) is 22.8 Å². The highest BCUT2D eigenvalue weighted by molar-refractivity contribution is 6.07. The van der Waals surface area contributed by atoms with Crippen LogP contribution in [0, 0.1) is 0 Å². The van der Waals surface area contributed by atoms with Gasteiger partial charge >= 0.3 is 12.1 Å². The molecule has 10 nitrogen and oxygen atoms in total. The molecule has 3 heterocycles. The van der Waals surface area contributed by atoms with E-state index in [1.165, 1.54) is 6.20 Å². The lowest BCUT2D eigenvalue weighted by Gasteiger charge is -2.45. The van der Waals surface area contributed by atoms with Crippen molar-refractivity contribution >= 4 is 34.8 Å². The smallest absolute Gasteiger partial charge is 0.471 e. The van der Waals surface area contributed by atoms with Crippen molar-refractivity contribution < 1.29 is 27.5 Å². The van der Waals surface area contributed by atoms with Crippen molar-refractivity contribution in [3.8, 4) is 5.75 Å². The SMILES string of the molecule is CC(=NC1CC1)c1nc(Nc2ccc3c(c2)OC[C@@H]2CN(C(=O)C(F)(F)F)CCN32)ncc1C(N)=O. The normalized spacial score (nSPS) is 19.8. The average molecular weight is 503 g/mol. The van der Waals surface area contributed by atoms with Gasteiger partial charge in [-0.1, -0.05) is 0 Å². The number of aliphatic imine (C=N–C) groups is 1. The summed E-state index contributed by atoms with van der Waals surface area (Å²) in [7, 11) is 0. The lowest BCUT2D eigenvalue weighted by atomic mass is 10.1. The monoisotopic (exact) mass is 503 g/mol. The zero-order valence-corrected chi connectivity index (χ0v) is 19.4. The van der Waals surface area contributed by atoms with Crippen molar-refractivity contribution in [2.24, 2.45) is 10.7 Å². The third kappa shape index (κ3) is 4.77. The number of nitrogens with zero attached hydrogens (tertiary/aromatic N) is 5. The Kier molecular flexibility index (Phi) is 5.92. The summed E-state index contributed by atoms with van der Waals surface area (Å²) in [6.07, 6.45) is -1.53. The molecular formula is C23H24F3N7O3. The molecule has 1 aliphatic carbocycles. The summed E-state index contributed by atoms with van der Waals surface area (Å²) in [5.41, 5.74) is 8.00. The molecule has 1 saturated heterocycles. The highest BCUT2D eigenvalue weighted by Gasteiger charge is 2.45. The summed E-state index contributed by atoms with van der Waals surface area (Å²) < 4.78 is 44.3. The summed E-state index contributed by atoms with van der Waals surface area (Å²) in [6, 6.07) is 5.18. The van der Waals surface area contributed by atoms with Crippen molar-refractivity contribution in [2.45, 2.75) is 38.0 Å². The van der Waals surface area contributed by atoms with Crippen LogP contribution in [0.4, 0.5) is 30.5 Å². The zero-order valence-electron chi connectivity index (χ0n) is 19.4. The minimum Gasteiger partial charge on any atom is -0.489 e. The summed E-state index contributed by atoms with van der Waals surface area (Å²) in [4.78, 5) is 39.5. The largest absolute Gasteiger partial charge is 0.489 e. The molecule has 0 spiro atoms. The molecule has 3 aliphatic rings. The van der Waals surface area contributed by atoms with Gasteiger partial charge in [0, 0.05) is 37.6 Å². The van der Waals surface area contributed by atoms with Crippen LogP contribution in [0.5, 0.6) is 5.75 Å². The summed E-state index contributed by atoms with van der Waals surface area (Å²) in [5, 5.41) is 3.09. The van der Waals surface area contributed by atoms with Crippen molar-refractivity contribution in [3.05, 3.63) is 35.7 Å². The first-order chi connectivity index (χ1) is 17.1. The number of alkyl halides is 3. The van der Waals surface area contributed by atoms with Crippen molar-refractivity contribution in [1.82, 2.24) is 14.9 Å². The first kappa shape index (κ1) is 23.8. The van der Waals surface area contributed by atoms with Gasteiger partial charge in [-0.05, 0) is 31.9 Å². The predicted octanol–water partition coefficient (Wildman–Crippen LogP) is 2.26. The number of hydrogen-bond acceptors (Lipinski definition) is 8. The minimum atomic E-state index is -4.89. The molecule has 2 amide bonds. The minimum absolute atomic E-state index is 0.0289. The van der Waals surface area contributed by atoms with E-state index in [4.69, 9.17) is 10.5 Å². The van der Waals surface area contributed by atoms with E-state index in [1.54, 1.807) is 25.1 Å². The van der Waals surface area contributed by atoms with Crippen molar-refractivity contribution in [1.29, 1.82) is 0 Å². The second kappa shape index (κ2) is 8.95. The maximum atomic E-state index is 12.8. The molecule has 36 heavy (non-hydrogen) atoms. The Morgan fingerprint density at radius 3 is 2.72 bits per heavy atom. The summed E-state index contributed by atoms with van der Waals surface area (Å²) in [5.74, 6) is -1.68. The molecule has 2 aliphatic heterocycles. The van der Waals surface area contributed by atoms with Crippen LogP contribution in [-0.4, -0.2) is 76.9 Å². The molecule has 3 N–H and O–H groups in total. The van der Waals surface area contributed by atoms with Gasteiger partial charge < -0.3 is 25.6 Å². The second-order valence-corrected chi connectivity index (χ2v) is 8.98. The van der Waals surface area contributed by atoms with E-state index < -0.39 is 18.0 Å². The van der Waals surface area contributed by atoms with Crippen LogP contribution in [0.2, 0.25) is 0 Å². The van der Waals surface area contributed by atoms with Crippen LogP contribution in [0.25, 0.3) is 0 Å². The molecule has 1 aromatic carbocycles. The highest BCUT2D eigenvalue weighted by Crippen LogP contribution is 2.38. The number of piperazine rings is 1. The number of carbonyl (C=O) groups is 2. The number of fused-ring (bicyclic) bond motifs is 3. The van der Waals surface area contributed by atoms with Gasteiger partial charge in [0.05, 0.1) is 29.0 Å². The number of halogens is 3. The third-order valence-electron chi connectivity index (χ3n) is 6.29. The first-order valence-corrected chi connectivity index (χ1v) is 11.5. The number of anilines is 3. The summed E-state index contributed by atoms with van der Waals surface area (Å²) >= 11 is 0. The van der Waals surface area contributed by atoms with E-state index in [2.05, 4.69) is 20.3 Å². The maximum Gasteiger partial charge on any atom is 0.471 e. The molecule has 1 aromatic heterocycles. The van der Waals surface area contributed by atoms with Gasteiger partial charge in [0.15, 0.2) is 0 Å². The number of aromatic nitrogens is 2. The lowest BCUT2D eigenvalue weighted by Crippen LogP contribution is -2.60. The zero-order chi connectivity index (χ0) is 25.6. The van der Waals surface area contributed by atoms with Crippen molar-refractivity contribution in [3.63, 3.8) is 0 Å². The second-order valence-electron chi connectivity index (χ2n) is 8.98. The molecule has 0 radical (unpaired) electrons. The number of primary amides is 1. The molecule has 1 atom stereocenters. The Balaban J connectivity index is 1.33. The molecule has 0 bridgehead atoms. The number of carbonyl (C=O) groups excluding carboxylic acids is 2. The van der Waals surface area contributed by atoms with E-state index >= 15 is 0 Å². The van der Waals surface area contributed by atoms with E-state index in [0.717, 1.165) is 23.4 Å². The number of benzene rings is 1. The molecule has 190 valence electrons. The maximum absolute atomic E-state index is 12.8. The topological polar surface area (TPSA) is 126 Å². The summed E-state index contributed by atoms with van der Waals surface area (Å²) in [6.45, 7) is 2.09. The lowest BCUT2D eigenvalue weighted by molar-refractivity contribution is -0.186. The molecule has 2 fully saturated rings. The Morgan fingerprint density at radius 2 is 2.03 bits per heavy atom. The van der Waals surface area contributed by atoms with Gasteiger partial charge in [-0.2, -0.15) is 13.2 Å². The first-order valence-electron chi connectivity index (χ1n) is 11.5. The number of amides is 2. The van der Waals surface area contributed by atoms with E-state index in [-0.39, 0.29) is 49.8 Å². The fourth-order valence-corrected chi connectivity index (χ4v) is 4.38. The van der Waals surface area contributed by atoms with Gasteiger partial charge in [0.2, 0.25) is 5.95 Å². The highest BCUT2D eigenvalue weighted by atomic mass is 19.4. The molecule has 1 saturated carbocycles. The Bertz CT molecular complexity index is 1250. The third-order valence-corrected chi connectivity index (χ3v) is 6.29. The number of nitrogens with one attached hydrogen (secondary N) is 1. The van der Waals surface area contributed by atoms with Crippen LogP contribution < -0.4 is 20.7 Å². The van der Waals surface area contributed by atoms with Gasteiger partial charge in [-0.15, -0.1) is 0 Å². The standard InChI is InChI=1S/C23H24F3N7O3/c1-12(29-13-2-3-13)19-16(20(27)34)9-28-22(31-19)30-14-4-5-17-18(8-14)36-11-15-10-32(6-7-33(15)17)21(35)23(24,25)26/h4-5,8-9,13,15H,2-3,6-7,10-11H2,1H3,(H2,27,34)(H,28,30,31)/t15-/m0/s1. The van der Waals surface area contributed by atoms with E-state index in [1.807, 2.05) is 4.90 Å². The van der Waals surface area contributed by atoms with Gasteiger partial charge in [-0.3, -0.25) is 14.6 Å². The van der Waals surface area contributed by atoms with Gasteiger partial charge in [-0.25, -0.2) is 9.97 Å². The Labute approximate surface area is 204 Å². The van der Waals surface area contributed by atoms with E-state index in [0.29, 0.717) is 22.8 Å². The van der Waals surface area contributed by atoms with Crippen LogP contribution in [-0.2, 0) is 4.79 Å². The quantitative estimate of drug-likeness (QED) is 0.600. The van der Waals surface area contributed by atoms with Crippen LogP contribution >= 0.6 is 0 Å². The fourth-order valence-electron chi connectivity index (χ4n) is 4.38. The molecular weight excluding hydrogens is 479 g/mol. The fraction of sp³-hybridized carbons (Fsp3) is 0.435. The number of rotatable bonds is 5.